The van der Waals surface area contributed by atoms with Crippen LogP contribution in [0.5, 0.6) is 5.75 Å². The quantitative estimate of drug-likeness (QED) is 0.445. The van der Waals surface area contributed by atoms with Gasteiger partial charge in [-0.05, 0) is 59.6 Å². The minimum atomic E-state index is -0.693. The van der Waals surface area contributed by atoms with Crippen LogP contribution in [0.3, 0.4) is 0 Å². The molecular weight excluding hydrogens is 515 g/mol. The summed E-state index contributed by atoms with van der Waals surface area (Å²) in [5.41, 5.74) is 0.574. The van der Waals surface area contributed by atoms with Crippen LogP contribution in [0, 0.1) is 0 Å². The first-order chi connectivity index (χ1) is 14.3. The molecule has 0 aromatic heterocycles. The lowest BCUT2D eigenvalue weighted by Crippen LogP contribution is -2.50. The second-order valence-electron chi connectivity index (χ2n) is 6.40. The molecule has 0 radical (unpaired) electrons. The number of ether oxygens (including phenoxy) is 1. The molecule has 0 aliphatic rings. The van der Waals surface area contributed by atoms with Crippen LogP contribution < -0.4 is 10.1 Å². The molecule has 2 amide bonds. The standard InChI is InChI=1S/C21H22BrCl3N2O3/c1-3-18(21(29)26-4-2)27(11-14-16(24)6-5-7-17(14)25)20(28)12-30-19-9-8-13(23)10-15(19)22/h5-10,18H,3-4,11-12H2,1-2H3,(H,26,29)/t18-/m1/s1. The molecule has 0 aliphatic carbocycles. The van der Waals surface area contributed by atoms with Gasteiger partial charge in [0, 0.05) is 33.7 Å². The largest absolute Gasteiger partial charge is 0.483 e. The van der Waals surface area contributed by atoms with E-state index >= 15 is 0 Å². The lowest BCUT2D eigenvalue weighted by Gasteiger charge is -2.31. The van der Waals surface area contributed by atoms with Gasteiger partial charge in [0.2, 0.25) is 5.91 Å². The third kappa shape index (κ3) is 6.51. The fourth-order valence-electron chi connectivity index (χ4n) is 2.88. The molecule has 9 heteroatoms. The van der Waals surface area contributed by atoms with Gasteiger partial charge in [-0.25, -0.2) is 0 Å². The highest BCUT2D eigenvalue weighted by Crippen LogP contribution is 2.29. The average Bonchev–Trinajstić information content (AvgIpc) is 2.69. The van der Waals surface area contributed by atoms with Gasteiger partial charge in [0.05, 0.1) is 4.47 Å². The Hall–Kier alpha value is -1.47. The zero-order valence-electron chi connectivity index (χ0n) is 16.6. The van der Waals surface area contributed by atoms with Crippen molar-refractivity contribution >= 4 is 62.5 Å². The average molecular weight is 537 g/mol. The first-order valence-electron chi connectivity index (χ1n) is 9.36. The molecule has 2 rings (SSSR count). The van der Waals surface area contributed by atoms with E-state index in [1.165, 1.54) is 4.90 Å². The molecule has 162 valence electrons. The van der Waals surface area contributed by atoms with E-state index in [4.69, 9.17) is 39.5 Å². The summed E-state index contributed by atoms with van der Waals surface area (Å²) in [5, 5.41) is 4.16. The number of hydrogen-bond acceptors (Lipinski definition) is 3. The molecule has 1 atom stereocenters. The summed E-state index contributed by atoms with van der Waals surface area (Å²) in [6.07, 6.45) is 0.421. The number of nitrogens with one attached hydrogen (secondary N) is 1. The summed E-state index contributed by atoms with van der Waals surface area (Å²) in [7, 11) is 0. The minimum Gasteiger partial charge on any atom is -0.483 e. The van der Waals surface area contributed by atoms with E-state index in [2.05, 4.69) is 21.2 Å². The van der Waals surface area contributed by atoms with Crippen LogP contribution in [0.2, 0.25) is 15.1 Å². The van der Waals surface area contributed by atoms with Crippen LogP contribution >= 0.6 is 50.7 Å². The number of benzene rings is 2. The summed E-state index contributed by atoms with van der Waals surface area (Å²) in [5.74, 6) is -0.148. The van der Waals surface area contributed by atoms with Crippen LogP contribution in [0.1, 0.15) is 25.8 Å². The van der Waals surface area contributed by atoms with Crippen molar-refractivity contribution in [1.29, 1.82) is 0 Å². The summed E-state index contributed by atoms with van der Waals surface area (Å²) >= 11 is 21.9. The summed E-state index contributed by atoms with van der Waals surface area (Å²) in [4.78, 5) is 27.2. The fourth-order valence-corrected chi connectivity index (χ4v) is 4.19. The Morgan fingerprint density at radius 3 is 2.37 bits per heavy atom. The number of rotatable bonds is 9. The molecule has 0 aliphatic heterocycles. The lowest BCUT2D eigenvalue weighted by atomic mass is 10.1. The van der Waals surface area contributed by atoms with Gasteiger partial charge >= 0.3 is 0 Å². The molecule has 0 spiro atoms. The molecule has 0 saturated heterocycles. The van der Waals surface area contributed by atoms with Gasteiger partial charge in [0.25, 0.3) is 5.91 Å². The summed E-state index contributed by atoms with van der Waals surface area (Å²) in [6.45, 7) is 3.93. The van der Waals surface area contributed by atoms with E-state index < -0.39 is 6.04 Å². The van der Waals surface area contributed by atoms with Crippen molar-refractivity contribution in [3.63, 3.8) is 0 Å². The normalized spacial score (nSPS) is 11.7. The van der Waals surface area contributed by atoms with Crippen molar-refractivity contribution in [3.05, 3.63) is 61.5 Å². The van der Waals surface area contributed by atoms with Crippen LogP contribution in [0.15, 0.2) is 40.9 Å². The highest BCUT2D eigenvalue weighted by molar-refractivity contribution is 9.10. The minimum absolute atomic E-state index is 0.0815. The van der Waals surface area contributed by atoms with E-state index in [-0.39, 0.29) is 25.0 Å². The van der Waals surface area contributed by atoms with Crippen molar-refractivity contribution in [2.75, 3.05) is 13.2 Å². The molecule has 0 bridgehead atoms. The molecule has 5 nitrogen and oxygen atoms in total. The number of hydrogen-bond donors (Lipinski definition) is 1. The van der Waals surface area contributed by atoms with Crippen molar-refractivity contribution in [2.24, 2.45) is 0 Å². The number of halogens is 4. The maximum Gasteiger partial charge on any atom is 0.261 e. The first kappa shape index (κ1) is 24.8. The van der Waals surface area contributed by atoms with E-state index in [1.807, 2.05) is 13.8 Å². The Kier molecular flexibility index (Phi) is 9.75. The molecular formula is C21H22BrCl3N2O3. The second-order valence-corrected chi connectivity index (χ2v) is 8.51. The number of nitrogens with zero attached hydrogens (tertiary/aromatic N) is 1. The summed E-state index contributed by atoms with van der Waals surface area (Å²) < 4.78 is 6.30. The summed E-state index contributed by atoms with van der Waals surface area (Å²) in [6, 6.07) is 9.42. The van der Waals surface area contributed by atoms with Gasteiger partial charge in [-0.1, -0.05) is 47.8 Å². The monoisotopic (exact) mass is 534 g/mol. The van der Waals surface area contributed by atoms with Crippen molar-refractivity contribution in [2.45, 2.75) is 32.9 Å². The predicted octanol–water partition coefficient (Wildman–Crippen LogP) is 5.73. The SMILES string of the molecule is CCNC(=O)[C@@H](CC)N(Cc1c(Cl)cccc1Cl)C(=O)COc1ccc(Cl)cc1Br. The molecule has 2 aromatic carbocycles. The van der Waals surface area contributed by atoms with E-state index in [1.54, 1.807) is 36.4 Å². The molecule has 0 saturated carbocycles. The predicted molar refractivity (Wildman–Crippen MR) is 124 cm³/mol. The highest BCUT2D eigenvalue weighted by Gasteiger charge is 2.29. The number of amides is 2. The maximum atomic E-state index is 13.1. The van der Waals surface area contributed by atoms with Crippen molar-refractivity contribution < 1.29 is 14.3 Å². The zero-order valence-corrected chi connectivity index (χ0v) is 20.4. The van der Waals surface area contributed by atoms with Gasteiger partial charge in [-0.2, -0.15) is 0 Å². The van der Waals surface area contributed by atoms with Gasteiger partial charge in [0.15, 0.2) is 6.61 Å². The third-order valence-corrected chi connectivity index (χ3v) is 5.94. The maximum absolute atomic E-state index is 13.1. The highest BCUT2D eigenvalue weighted by atomic mass is 79.9. The van der Waals surface area contributed by atoms with Gasteiger partial charge in [0.1, 0.15) is 11.8 Å². The fraction of sp³-hybridized carbons (Fsp3) is 0.333. The van der Waals surface area contributed by atoms with Gasteiger partial charge in [-0.15, -0.1) is 0 Å². The molecule has 0 heterocycles. The Balaban J connectivity index is 2.28. The van der Waals surface area contributed by atoms with E-state index in [0.717, 1.165) is 0 Å². The Morgan fingerprint density at radius 2 is 1.80 bits per heavy atom. The molecule has 0 fully saturated rings. The van der Waals surface area contributed by atoms with Crippen molar-refractivity contribution in [3.8, 4) is 5.75 Å². The Morgan fingerprint density at radius 1 is 1.13 bits per heavy atom. The van der Waals surface area contributed by atoms with Gasteiger partial charge < -0.3 is 15.0 Å². The zero-order chi connectivity index (χ0) is 22.3. The molecule has 2 aromatic rings. The van der Waals surface area contributed by atoms with Crippen LogP contribution in [0.25, 0.3) is 0 Å². The Bertz CT molecular complexity index is 891. The van der Waals surface area contributed by atoms with Crippen LogP contribution in [-0.4, -0.2) is 35.9 Å². The van der Waals surface area contributed by atoms with Crippen LogP contribution in [0.4, 0.5) is 0 Å². The van der Waals surface area contributed by atoms with Crippen molar-refractivity contribution in [1.82, 2.24) is 10.2 Å². The number of carbonyl (C=O) groups is 2. The Labute approximate surface area is 199 Å². The first-order valence-corrected chi connectivity index (χ1v) is 11.3. The number of carbonyl (C=O) groups excluding carboxylic acids is 2. The second kappa shape index (κ2) is 11.8. The molecule has 1 N–H and O–H groups in total. The van der Waals surface area contributed by atoms with E-state index in [0.29, 0.717) is 43.8 Å². The molecule has 30 heavy (non-hydrogen) atoms. The van der Waals surface area contributed by atoms with E-state index in [9.17, 15) is 9.59 Å². The number of likely N-dealkylation sites (N-methyl/N-ethyl adjacent to an activating group) is 1. The van der Waals surface area contributed by atoms with Gasteiger partial charge in [-0.3, -0.25) is 9.59 Å². The smallest absolute Gasteiger partial charge is 0.261 e. The third-order valence-electron chi connectivity index (χ3n) is 4.37. The topological polar surface area (TPSA) is 58.6 Å². The van der Waals surface area contributed by atoms with Crippen LogP contribution in [-0.2, 0) is 16.1 Å². The lowest BCUT2D eigenvalue weighted by molar-refractivity contribution is -0.142. The molecule has 0 unspecified atom stereocenters.